The number of hydrogen-bond donors (Lipinski definition) is 1. The number of thioether (sulfide) groups is 1. The van der Waals surface area contributed by atoms with Gasteiger partial charge in [0, 0.05) is 12.7 Å². The van der Waals surface area contributed by atoms with Crippen molar-refractivity contribution < 1.29 is 18.0 Å². The summed E-state index contributed by atoms with van der Waals surface area (Å²) in [6, 6.07) is 12.1. The van der Waals surface area contributed by atoms with Crippen LogP contribution < -0.4 is 5.32 Å². The molecule has 1 atom stereocenters. The predicted octanol–water partition coefficient (Wildman–Crippen LogP) is 5.51. The summed E-state index contributed by atoms with van der Waals surface area (Å²) in [7, 11) is 1.74. The number of benzene rings is 2. The smallest absolute Gasteiger partial charge is 0.325 e. The molecule has 2 aromatic heterocycles. The van der Waals surface area contributed by atoms with E-state index in [1.807, 2.05) is 6.07 Å². The number of anilines is 1. The molecule has 1 amide bonds. The third kappa shape index (κ3) is 4.56. The van der Waals surface area contributed by atoms with Gasteiger partial charge in [0.2, 0.25) is 5.91 Å². The van der Waals surface area contributed by atoms with Crippen LogP contribution in [-0.2, 0) is 18.0 Å². The van der Waals surface area contributed by atoms with E-state index in [9.17, 15) is 18.0 Å². The number of rotatable bonds is 5. The van der Waals surface area contributed by atoms with E-state index in [-0.39, 0.29) is 5.69 Å². The molecule has 4 aromatic rings. The highest BCUT2D eigenvalue weighted by molar-refractivity contribution is 8.00. The number of fused-ring (bicyclic) bond motifs is 1. The second-order valence-corrected chi connectivity index (χ2v) is 8.28. The summed E-state index contributed by atoms with van der Waals surface area (Å²) in [5.74, 6) is -0.507. The van der Waals surface area contributed by atoms with Crippen molar-refractivity contribution in [1.82, 2.24) is 19.7 Å². The number of nitrogens with one attached hydrogen (secondary N) is 1. The van der Waals surface area contributed by atoms with E-state index in [4.69, 9.17) is 11.6 Å². The molecule has 0 fully saturated rings. The molecular formula is C21H15ClF3N5OS. The fourth-order valence-corrected chi connectivity index (χ4v) is 4.36. The Morgan fingerprint density at radius 2 is 1.91 bits per heavy atom. The zero-order chi connectivity index (χ0) is 22.9. The van der Waals surface area contributed by atoms with E-state index in [1.165, 1.54) is 12.4 Å². The largest absolute Gasteiger partial charge is 0.417 e. The van der Waals surface area contributed by atoms with Crippen LogP contribution in [0.25, 0.3) is 11.0 Å². The summed E-state index contributed by atoms with van der Waals surface area (Å²) in [6.45, 7) is 0. The summed E-state index contributed by atoms with van der Waals surface area (Å²) in [6.07, 6.45) is -1.66. The minimum atomic E-state index is -4.64. The molecule has 4 rings (SSSR count). The molecule has 2 aromatic carbocycles. The van der Waals surface area contributed by atoms with Crippen LogP contribution in [0.4, 0.5) is 18.9 Å². The Labute approximate surface area is 189 Å². The summed E-state index contributed by atoms with van der Waals surface area (Å²) in [4.78, 5) is 21.7. The summed E-state index contributed by atoms with van der Waals surface area (Å²) >= 11 is 6.84. The lowest BCUT2D eigenvalue weighted by Crippen LogP contribution is -2.19. The van der Waals surface area contributed by atoms with Gasteiger partial charge in [0.05, 0.1) is 22.2 Å². The zero-order valence-corrected chi connectivity index (χ0v) is 18.0. The minimum absolute atomic E-state index is 0.0116. The first-order chi connectivity index (χ1) is 15.2. The molecule has 6 nitrogen and oxygen atoms in total. The predicted molar refractivity (Wildman–Crippen MR) is 116 cm³/mol. The van der Waals surface area contributed by atoms with Crippen LogP contribution in [0.5, 0.6) is 0 Å². The highest BCUT2D eigenvalue weighted by Crippen LogP contribution is 2.39. The molecule has 11 heteroatoms. The summed E-state index contributed by atoms with van der Waals surface area (Å²) in [5, 5.41) is 6.70. The van der Waals surface area contributed by atoms with Gasteiger partial charge in [-0.3, -0.25) is 9.48 Å². The molecule has 1 unspecified atom stereocenters. The average molecular weight is 478 g/mol. The third-order valence-corrected chi connectivity index (χ3v) is 6.20. The Balaban J connectivity index is 1.68. The minimum Gasteiger partial charge on any atom is -0.325 e. The van der Waals surface area contributed by atoms with E-state index in [0.717, 1.165) is 23.9 Å². The maximum absolute atomic E-state index is 13.2. The molecule has 2 heterocycles. The average Bonchev–Trinajstić information content (AvgIpc) is 3.15. The van der Waals surface area contributed by atoms with Gasteiger partial charge in [-0.1, -0.05) is 53.7 Å². The first-order valence-corrected chi connectivity index (χ1v) is 10.5. The van der Waals surface area contributed by atoms with Crippen LogP contribution >= 0.6 is 23.4 Å². The number of aryl methyl sites for hydroxylation is 1. The molecule has 164 valence electrons. The van der Waals surface area contributed by atoms with Crippen molar-refractivity contribution in [2.75, 3.05) is 5.32 Å². The van der Waals surface area contributed by atoms with Gasteiger partial charge < -0.3 is 5.32 Å². The van der Waals surface area contributed by atoms with Gasteiger partial charge in [-0.2, -0.15) is 18.3 Å². The monoisotopic (exact) mass is 477 g/mol. The maximum Gasteiger partial charge on any atom is 0.417 e. The van der Waals surface area contributed by atoms with Gasteiger partial charge in [0.1, 0.15) is 16.6 Å². The SMILES string of the molecule is Cn1ncc2c(SC(C(=O)Nc3ccc(Cl)c(C(F)(F)F)c3)c3ccccc3)ncnc21. The van der Waals surface area contributed by atoms with Gasteiger partial charge in [0.25, 0.3) is 0 Å². The molecule has 0 saturated carbocycles. The molecular weight excluding hydrogens is 463 g/mol. The fourth-order valence-electron chi connectivity index (χ4n) is 3.07. The lowest BCUT2D eigenvalue weighted by Gasteiger charge is -2.18. The second kappa shape index (κ2) is 8.79. The van der Waals surface area contributed by atoms with Crippen molar-refractivity contribution in [1.29, 1.82) is 0 Å². The van der Waals surface area contributed by atoms with Gasteiger partial charge in [0.15, 0.2) is 5.65 Å². The molecule has 0 aliphatic carbocycles. The van der Waals surface area contributed by atoms with Crippen molar-refractivity contribution in [3.8, 4) is 0 Å². The highest BCUT2D eigenvalue weighted by atomic mass is 35.5. The molecule has 0 spiro atoms. The molecule has 1 N–H and O–H groups in total. The van der Waals surface area contributed by atoms with Crippen molar-refractivity contribution in [2.45, 2.75) is 16.5 Å². The molecule has 0 saturated heterocycles. The third-order valence-electron chi connectivity index (χ3n) is 4.60. The lowest BCUT2D eigenvalue weighted by atomic mass is 10.1. The Morgan fingerprint density at radius 1 is 1.16 bits per heavy atom. The van der Waals surface area contributed by atoms with Crippen molar-refractivity contribution in [3.63, 3.8) is 0 Å². The highest BCUT2D eigenvalue weighted by Gasteiger charge is 2.34. The standard InChI is InChI=1S/C21H15ClF3N5OS/c1-30-18-14(10-28-30)20(27-11-26-18)32-17(12-5-3-2-4-6-12)19(31)29-13-7-8-16(22)15(9-13)21(23,24)25/h2-11,17H,1H3,(H,29,31). The number of amides is 1. The van der Waals surface area contributed by atoms with E-state index < -0.39 is 27.9 Å². The zero-order valence-electron chi connectivity index (χ0n) is 16.5. The Morgan fingerprint density at radius 3 is 2.62 bits per heavy atom. The van der Waals surface area contributed by atoms with Gasteiger partial charge in [-0.25, -0.2) is 9.97 Å². The second-order valence-electron chi connectivity index (χ2n) is 6.77. The Hall–Kier alpha value is -3.11. The maximum atomic E-state index is 13.2. The molecule has 0 aliphatic rings. The van der Waals surface area contributed by atoms with Crippen LogP contribution in [0.15, 0.2) is 66.1 Å². The summed E-state index contributed by atoms with van der Waals surface area (Å²) in [5.41, 5.74) is 0.231. The van der Waals surface area contributed by atoms with Crippen LogP contribution in [-0.4, -0.2) is 25.7 Å². The van der Waals surface area contributed by atoms with Crippen LogP contribution in [0, 0.1) is 0 Å². The first kappa shape index (κ1) is 22.1. The fraction of sp³-hybridized carbons (Fsp3) is 0.143. The van der Waals surface area contributed by atoms with E-state index in [2.05, 4.69) is 20.4 Å². The van der Waals surface area contributed by atoms with Crippen molar-refractivity contribution in [2.24, 2.45) is 7.05 Å². The van der Waals surface area contributed by atoms with E-state index in [1.54, 1.807) is 42.2 Å². The topological polar surface area (TPSA) is 72.7 Å². The van der Waals surface area contributed by atoms with E-state index >= 15 is 0 Å². The molecule has 0 aliphatic heterocycles. The number of halogens is 4. The number of carbonyl (C=O) groups is 1. The number of nitrogens with zero attached hydrogens (tertiary/aromatic N) is 4. The first-order valence-electron chi connectivity index (χ1n) is 9.26. The number of aromatic nitrogens is 4. The summed E-state index contributed by atoms with van der Waals surface area (Å²) < 4.78 is 41.2. The molecule has 32 heavy (non-hydrogen) atoms. The normalized spacial score (nSPS) is 12.7. The number of alkyl halides is 3. The Bertz CT molecular complexity index is 1280. The Kier molecular flexibility index (Phi) is 6.07. The van der Waals surface area contributed by atoms with Crippen LogP contribution in [0.3, 0.4) is 0 Å². The van der Waals surface area contributed by atoms with E-state index in [0.29, 0.717) is 21.6 Å². The molecule has 0 radical (unpaired) electrons. The quantitative estimate of drug-likeness (QED) is 0.303. The van der Waals surface area contributed by atoms with Crippen LogP contribution in [0.1, 0.15) is 16.4 Å². The van der Waals surface area contributed by atoms with Gasteiger partial charge in [-0.05, 0) is 23.8 Å². The van der Waals surface area contributed by atoms with Crippen molar-refractivity contribution >= 4 is 46.0 Å². The number of hydrogen-bond acceptors (Lipinski definition) is 5. The van der Waals surface area contributed by atoms with Gasteiger partial charge >= 0.3 is 6.18 Å². The van der Waals surface area contributed by atoms with Gasteiger partial charge in [-0.15, -0.1) is 0 Å². The number of carbonyl (C=O) groups excluding carboxylic acids is 1. The lowest BCUT2D eigenvalue weighted by molar-refractivity contribution is -0.137. The molecule has 0 bridgehead atoms. The van der Waals surface area contributed by atoms with Crippen molar-refractivity contribution in [3.05, 3.63) is 77.2 Å². The van der Waals surface area contributed by atoms with Crippen LogP contribution in [0.2, 0.25) is 5.02 Å².